The molecule has 0 fully saturated rings. The Labute approximate surface area is 152 Å². The minimum absolute atomic E-state index is 0.0944. The number of hydrogen-bond acceptors (Lipinski definition) is 4. The summed E-state index contributed by atoms with van der Waals surface area (Å²) < 4.78 is 5.78. The number of aryl methyl sites for hydroxylation is 1. The van der Waals surface area contributed by atoms with E-state index in [2.05, 4.69) is 0 Å². The summed E-state index contributed by atoms with van der Waals surface area (Å²) in [7, 11) is 1.82. The van der Waals surface area contributed by atoms with Crippen LogP contribution in [0.3, 0.4) is 0 Å². The predicted molar refractivity (Wildman–Crippen MR) is 103 cm³/mol. The summed E-state index contributed by atoms with van der Waals surface area (Å²) in [6.45, 7) is 2.34. The van der Waals surface area contributed by atoms with E-state index < -0.39 is 0 Å². The zero-order valence-electron chi connectivity index (χ0n) is 14.8. The van der Waals surface area contributed by atoms with E-state index in [-0.39, 0.29) is 10.6 Å². The minimum atomic E-state index is -0.351. The summed E-state index contributed by atoms with van der Waals surface area (Å²) in [6.07, 6.45) is 0. The van der Waals surface area contributed by atoms with E-state index in [9.17, 15) is 10.1 Å². The summed E-state index contributed by atoms with van der Waals surface area (Å²) in [6, 6.07) is 22.7. The number of rotatable bonds is 6. The van der Waals surface area contributed by atoms with Crippen LogP contribution in [0.25, 0.3) is 0 Å². The minimum Gasteiger partial charge on any atom is -0.489 e. The standard InChI is InChI=1S/C21H20N2O3/c1-16-8-13-20(21(14-16)23(24)25)22(2)18-9-11-19(12-10-18)26-15-17-6-4-3-5-7-17/h3-14H,15H2,1-2H3. The first-order chi connectivity index (χ1) is 12.5. The van der Waals surface area contributed by atoms with Crippen molar-refractivity contribution in [3.63, 3.8) is 0 Å². The first-order valence-corrected chi connectivity index (χ1v) is 8.30. The molecule has 0 N–H and O–H groups in total. The Kier molecular flexibility index (Phi) is 5.17. The van der Waals surface area contributed by atoms with Crippen LogP contribution < -0.4 is 9.64 Å². The molecule has 0 radical (unpaired) electrons. The molecule has 26 heavy (non-hydrogen) atoms. The normalized spacial score (nSPS) is 10.4. The molecular weight excluding hydrogens is 328 g/mol. The number of anilines is 2. The van der Waals surface area contributed by atoms with Gasteiger partial charge in [-0.2, -0.15) is 0 Å². The Bertz CT molecular complexity index is 893. The third kappa shape index (κ3) is 4.00. The lowest BCUT2D eigenvalue weighted by Gasteiger charge is -2.20. The van der Waals surface area contributed by atoms with Crippen molar-refractivity contribution in [2.75, 3.05) is 11.9 Å². The maximum absolute atomic E-state index is 11.3. The second kappa shape index (κ2) is 7.70. The summed E-state index contributed by atoms with van der Waals surface area (Å²) in [4.78, 5) is 12.8. The molecule has 0 heterocycles. The number of ether oxygens (including phenoxy) is 1. The van der Waals surface area contributed by atoms with Gasteiger partial charge in [-0.3, -0.25) is 10.1 Å². The highest BCUT2D eigenvalue weighted by Crippen LogP contribution is 2.33. The second-order valence-corrected chi connectivity index (χ2v) is 6.08. The molecule has 0 aromatic heterocycles. The number of benzene rings is 3. The van der Waals surface area contributed by atoms with Gasteiger partial charge in [-0.1, -0.05) is 36.4 Å². The first kappa shape index (κ1) is 17.5. The van der Waals surface area contributed by atoms with Crippen LogP contribution in [0.4, 0.5) is 17.1 Å². The molecule has 0 spiro atoms. The highest BCUT2D eigenvalue weighted by atomic mass is 16.6. The van der Waals surface area contributed by atoms with Gasteiger partial charge >= 0.3 is 0 Å². The molecule has 3 aromatic carbocycles. The van der Waals surface area contributed by atoms with E-state index in [4.69, 9.17) is 4.74 Å². The van der Waals surface area contributed by atoms with Crippen molar-refractivity contribution >= 4 is 17.1 Å². The lowest BCUT2D eigenvalue weighted by atomic mass is 10.1. The van der Waals surface area contributed by atoms with Gasteiger partial charge in [0.15, 0.2) is 0 Å². The molecule has 0 atom stereocenters. The molecule has 3 aromatic rings. The molecule has 0 saturated carbocycles. The van der Waals surface area contributed by atoms with Crippen LogP contribution in [0, 0.1) is 17.0 Å². The van der Waals surface area contributed by atoms with Gasteiger partial charge < -0.3 is 9.64 Å². The van der Waals surface area contributed by atoms with Crippen molar-refractivity contribution in [1.29, 1.82) is 0 Å². The molecule has 132 valence electrons. The highest BCUT2D eigenvalue weighted by molar-refractivity contribution is 5.72. The second-order valence-electron chi connectivity index (χ2n) is 6.08. The molecule has 0 saturated heterocycles. The van der Waals surface area contributed by atoms with Crippen LogP contribution in [0.2, 0.25) is 0 Å². The Morgan fingerprint density at radius 2 is 1.69 bits per heavy atom. The molecule has 0 aliphatic heterocycles. The third-order valence-electron chi connectivity index (χ3n) is 4.16. The summed E-state index contributed by atoms with van der Waals surface area (Å²) in [5.41, 5.74) is 3.46. The SMILES string of the molecule is Cc1ccc(N(C)c2ccc(OCc3ccccc3)cc2)c([N+](=O)[O-])c1. The highest BCUT2D eigenvalue weighted by Gasteiger charge is 2.18. The zero-order chi connectivity index (χ0) is 18.5. The molecule has 0 aliphatic carbocycles. The van der Waals surface area contributed by atoms with E-state index in [1.807, 2.05) is 74.6 Å². The maximum atomic E-state index is 11.3. The lowest BCUT2D eigenvalue weighted by Crippen LogP contribution is -2.11. The Morgan fingerprint density at radius 3 is 2.35 bits per heavy atom. The van der Waals surface area contributed by atoms with E-state index in [0.717, 1.165) is 22.6 Å². The molecule has 5 nitrogen and oxygen atoms in total. The average molecular weight is 348 g/mol. The molecule has 0 unspecified atom stereocenters. The fourth-order valence-electron chi connectivity index (χ4n) is 2.71. The van der Waals surface area contributed by atoms with Gasteiger partial charge in [-0.15, -0.1) is 0 Å². The van der Waals surface area contributed by atoms with Gasteiger partial charge in [0.05, 0.1) is 4.92 Å². The maximum Gasteiger partial charge on any atom is 0.293 e. The van der Waals surface area contributed by atoms with Crippen molar-refractivity contribution in [2.45, 2.75) is 13.5 Å². The summed E-state index contributed by atoms with van der Waals surface area (Å²) in [5, 5.41) is 11.3. The lowest BCUT2D eigenvalue weighted by molar-refractivity contribution is -0.384. The number of hydrogen-bond donors (Lipinski definition) is 0. The van der Waals surface area contributed by atoms with Crippen LogP contribution in [-0.4, -0.2) is 12.0 Å². The number of nitro benzene ring substituents is 1. The zero-order valence-corrected chi connectivity index (χ0v) is 14.8. The topological polar surface area (TPSA) is 55.6 Å². The van der Waals surface area contributed by atoms with Crippen LogP contribution in [-0.2, 0) is 6.61 Å². The van der Waals surface area contributed by atoms with E-state index in [1.54, 1.807) is 17.0 Å². The van der Waals surface area contributed by atoms with E-state index >= 15 is 0 Å². The Hall–Kier alpha value is -3.34. The molecular formula is C21H20N2O3. The summed E-state index contributed by atoms with van der Waals surface area (Å²) in [5.74, 6) is 0.754. The molecule has 0 aliphatic rings. The molecule has 0 bridgehead atoms. The van der Waals surface area contributed by atoms with E-state index in [0.29, 0.717) is 12.3 Å². The van der Waals surface area contributed by atoms with Gasteiger partial charge in [-0.25, -0.2) is 0 Å². The fraction of sp³-hybridized carbons (Fsp3) is 0.143. The average Bonchev–Trinajstić information content (AvgIpc) is 2.67. The molecule has 0 amide bonds. The Morgan fingerprint density at radius 1 is 1.00 bits per heavy atom. The summed E-state index contributed by atoms with van der Waals surface area (Å²) >= 11 is 0. The largest absolute Gasteiger partial charge is 0.489 e. The molecule has 3 rings (SSSR count). The van der Waals surface area contributed by atoms with Crippen molar-refractivity contribution in [3.05, 3.63) is 94.0 Å². The van der Waals surface area contributed by atoms with Gasteiger partial charge in [0.2, 0.25) is 0 Å². The predicted octanol–water partition coefficient (Wildman–Crippen LogP) is 5.25. The van der Waals surface area contributed by atoms with Crippen LogP contribution >= 0.6 is 0 Å². The van der Waals surface area contributed by atoms with Gasteiger partial charge in [-0.05, 0) is 48.4 Å². The molecule has 5 heteroatoms. The van der Waals surface area contributed by atoms with Gasteiger partial charge in [0.25, 0.3) is 5.69 Å². The van der Waals surface area contributed by atoms with E-state index in [1.165, 1.54) is 0 Å². The smallest absolute Gasteiger partial charge is 0.293 e. The quantitative estimate of drug-likeness (QED) is 0.451. The Balaban J connectivity index is 1.75. The van der Waals surface area contributed by atoms with Crippen molar-refractivity contribution in [3.8, 4) is 5.75 Å². The van der Waals surface area contributed by atoms with Gasteiger partial charge in [0.1, 0.15) is 18.0 Å². The number of nitrogens with zero attached hydrogens (tertiary/aromatic N) is 2. The van der Waals surface area contributed by atoms with Gasteiger partial charge in [0, 0.05) is 18.8 Å². The van der Waals surface area contributed by atoms with Crippen molar-refractivity contribution in [1.82, 2.24) is 0 Å². The van der Waals surface area contributed by atoms with Crippen LogP contribution in [0.1, 0.15) is 11.1 Å². The van der Waals surface area contributed by atoms with Crippen LogP contribution in [0.15, 0.2) is 72.8 Å². The van der Waals surface area contributed by atoms with Crippen LogP contribution in [0.5, 0.6) is 5.75 Å². The monoisotopic (exact) mass is 348 g/mol. The fourth-order valence-corrected chi connectivity index (χ4v) is 2.71. The van der Waals surface area contributed by atoms with Crippen molar-refractivity contribution in [2.24, 2.45) is 0 Å². The first-order valence-electron chi connectivity index (χ1n) is 8.30. The third-order valence-corrected chi connectivity index (χ3v) is 4.16. The van der Waals surface area contributed by atoms with Crippen molar-refractivity contribution < 1.29 is 9.66 Å². The number of nitro groups is 1.